The first-order chi connectivity index (χ1) is 8.33. The highest BCUT2D eigenvalue weighted by atomic mass is 14.9. The first kappa shape index (κ1) is 10.3. The second kappa shape index (κ2) is 4.17. The van der Waals surface area contributed by atoms with Crippen molar-refractivity contribution in [2.45, 2.75) is 26.2 Å². The molecule has 0 spiro atoms. The summed E-state index contributed by atoms with van der Waals surface area (Å²) < 4.78 is 0. The largest absolute Gasteiger partial charge is 0.355 e. The number of rotatable bonds is 0. The topological polar surface area (TPSA) is 37.8 Å². The van der Waals surface area contributed by atoms with E-state index in [2.05, 4.69) is 21.4 Å². The molecule has 0 aliphatic carbocycles. The molecule has 0 saturated heterocycles. The standard InChI is InChI=1S/C14H15N3/c1-10-7-14-12(9-16-10)4-2-3-11-8-15-6-5-13(11)17-14/h5-9,17H,2-4H2,1H3. The zero-order valence-corrected chi connectivity index (χ0v) is 9.90. The Morgan fingerprint density at radius 3 is 2.82 bits per heavy atom. The van der Waals surface area contributed by atoms with E-state index in [4.69, 9.17) is 0 Å². The summed E-state index contributed by atoms with van der Waals surface area (Å²) in [5, 5.41) is 3.50. The average Bonchev–Trinajstić information content (AvgIpc) is 2.31. The van der Waals surface area contributed by atoms with Gasteiger partial charge in [0.05, 0.1) is 0 Å². The molecule has 0 amide bonds. The Hall–Kier alpha value is -1.90. The van der Waals surface area contributed by atoms with E-state index in [0.29, 0.717) is 0 Å². The summed E-state index contributed by atoms with van der Waals surface area (Å²) in [4.78, 5) is 8.56. The van der Waals surface area contributed by atoms with E-state index in [1.165, 1.54) is 22.5 Å². The monoisotopic (exact) mass is 225 g/mol. The zero-order chi connectivity index (χ0) is 11.7. The molecule has 0 saturated carbocycles. The van der Waals surface area contributed by atoms with Crippen molar-refractivity contribution in [3.05, 3.63) is 47.5 Å². The number of hydrogen-bond acceptors (Lipinski definition) is 3. The Morgan fingerprint density at radius 1 is 1.12 bits per heavy atom. The maximum absolute atomic E-state index is 4.37. The summed E-state index contributed by atoms with van der Waals surface area (Å²) in [5.41, 5.74) is 6.01. The van der Waals surface area contributed by atoms with Crippen molar-refractivity contribution in [3.8, 4) is 0 Å². The molecule has 86 valence electrons. The number of hydrogen-bond donors (Lipinski definition) is 1. The van der Waals surface area contributed by atoms with Crippen molar-refractivity contribution in [2.75, 3.05) is 5.32 Å². The maximum Gasteiger partial charge on any atom is 0.0450 e. The molecule has 0 unspecified atom stereocenters. The summed E-state index contributed by atoms with van der Waals surface area (Å²) in [6, 6.07) is 4.16. The maximum atomic E-state index is 4.37. The van der Waals surface area contributed by atoms with Crippen LogP contribution in [0.2, 0.25) is 0 Å². The molecule has 3 heterocycles. The van der Waals surface area contributed by atoms with E-state index < -0.39 is 0 Å². The van der Waals surface area contributed by atoms with Gasteiger partial charge >= 0.3 is 0 Å². The van der Waals surface area contributed by atoms with Crippen molar-refractivity contribution in [3.63, 3.8) is 0 Å². The second-order valence-electron chi connectivity index (χ2n) is 4.49. The minimum absolute atomic E-state index is 1.05. The Morgan fingerprint density at radius 2 is 1.94 bits per heavy atom. The predicted molar refractivity (Wildman–Crippen MR) is 68.5 cm³/mol. The molecule has 1 N–H and O–H groups in total. The molecule has 0 radical (unpaired) electrons. The number of aryl methyl sites for hydroxylation is 3. The zero-order valence-electron chi connectivity index (χ0n) is 9.90. The molecule has 1 aliphatic heterocycles. The van der Waals surface area contributed by atoms with Crippen molar-refractivity contribution in [1.82, 2.24) is 9.97 Å². The van der Waals surface area contributed by atoms with E-state index in [0.717, 1.165) is 25.0 Å². The Labute approximate surface area is 101 Å². The fourth-order valence-corrected chi connectivity index (χ4v) is 2.27. The van der Waals surface area contributed by atoms with Crippen molar-refractivity contribution >= 4 is 11.4 Å². The normalized spacial score (nSPS) is 13.9. The van der Waals surface area contributed by atoms with Gasteiger partial charge in [-0.25, -0.2) is 0 Å². The van der Waals surface area contributed by atoms with Gasteiger partial charge in [0, 0.05) is 35.7 Å². The van der Waals surface area contributed by atoms with Gasteiger partial charge in [0.1, 0.15) is 0 Å². The first-order valence-electron chi connectivity index (χ1n) is 5.98. The van der Waals surface area contributed by atoms with Crippen LogP contribution in [0, 0.1) is 6.92 Å². The molecule has 3 nitrogen and oxygen atoms in total. The second-order valence-corrected chi connectivity index (χ2v) is 4.49. The predicted octanol–water partition coefficient (Wildman–Crippen LogP) is 3.02. The molecule has 3 rings (SSSR count). The minimum atomic E-state index is 1.05. The van der Waals surface area contributed by atoms with Crippen molar-refractivity contribution in [1.29, 1.82) is 0 Å². The van der Waals surface area contributed by atoms with Crippen LogP contribution in [0.1, 0.15) is 23.2 Å². The number of nitrogens with zero attached hydrogens (tertiary/aromatic N) is 2. The number of nitrogens with one attached hydrogen (secondary N) is 1. The molecule has 0 atom stereocenters. The summed E-state index contributed by atoms with van der Waals surface area (Å²) in [6.07, 6.45) is 9.08. The van der Waals surface area contributed by atoms with Gasteiger partial charge in [0.25, 0.3) is 0 Å². The fourth-order valence-electron chi connectivity index (χ4n) is 2.27. The van der Waals surface area contributed by atoms with Crippen molar-refractivity contribution in [2.24, 2.45) is 0 Å². The Bertz CT molecular complexity index is 549. The number of fused-ring (bicyclic) bond motifs is 2. The van der Waals surface area contributed by atoms with Gasteiger partial charge in [-0.1, -0.05) is 0 Å². The van der Waals surface area contributed by atoms with Crippen LogP contribution in [0.3, 0.4) is 0 Å². The third kappa shape index (κ3) is 2.00. The van der Waals surface area contributed by atoms with E-state index in [1.54, 1.807) is 0 Å². The quantitative estimate of drug-likeness (QED) is 0.749. The van der Waals surface area contributed by atoms with E-state index in [1.807, 2.05) is 31.6 Å². The minimum Gasteiger partial charge on any atom is -0.355 e. The van der Waals surface area contributed by atoms with Crippen LogP contribution in [0.4, 0.5) is 11.4 Å². The first-order valence-corrected chi connectivity index (χ1v) is 5.98. The van der Waals surface area contributed by atoms with Crippen LogP contribution in [0.15, 0.2) is 30.7 Å². The highest BCUT2D eigenvalue weighted by Crippen LogP contribution is 2.28. The molecule has 2 aromatic heterocycles. The molecule has 2 aromatic rings. The SMILES string of the molecule is Cc1cc2c(cn1)CCCc1cnccc1N2. The number of pyridine rings is 2. The molecule has 17 heavy (non-hydrogen) atoms. The van der Waals surface area contributed by atoms with Crippen LogP contribution in [0.5, 0.6) is 0 Å². The summed E-state index contributed by atoms with van der Waals surface area (Å²) in [6.45, 7) is 2.02. The van der Waals surface area contributed by atoms with E-state index >= 15 is 0 Å². The number of aromatic nitrogens is 2. The van der Waals surface area contributed by atoms with Gasteiger partial charge < -0.3 is 5.32 Å². The molecular weight excluding hydrogens is 210 g/mol. The fraction of sp³-hybridized carbons (Fsp3) is 0.286. The lowest BCUT2D eigenvalue weighted by Crippen LogP contribution is -2.05. The summed E-state index contributed by atoms with van der Waals surface area (Å²) in [7, 11) is 0. The number of anilines is 2. The molecule has 1 aliphatic rings. The van der Waals surface area contributed by atoms with Gasteiger partial charge in [-0.05, 0) is 49.4 Å². The van der Waals surface area contributed by atoms with Crippen LogP contribution < -0.4 is 5.32 Å². The molecule has 0 bridgehead atoms. The smallest absolute Gasteiger partial charge is 0.0450 e. The molecule has 3 heteroatoms. The van der Waals surface area contributed by atoms with Gasteiger partial charge in [-0.2, -0.15) is 0 Å². The van der Waals surface area contributed by atoms with E-state index in [-0.39, 0.29) is 0 Å². The molecule has 0 fully saturated rings. The summed E-state index contributed by atoms with van der Waals surface area (Å²) in [5.74, 6) is 0. The Balaban J connectivity index is 2.07. The van der Waals surface area contributed by atoms with Gasteiger partial charge in [0.2, 0.25) is 0 Å². The third-order valence-corrected chi connectivity index (χ3v) is 3.19. The lowest BCUT2D eigenvalue weighted by molar-refractivity contribution is 0.809. The average molecular weight is 225 g/mol. The van der Waals surface area contributed by atoms with Crippen LogP contribution in [-0.2, 0) is 12.8 Å². The van der Waals surface area contributed by atoms with Crippen LogP contribution in [-0.4, -0.2) is 9.97 Å². The van der Waals surface area contributed by atoms with Crippen LogP contribution >= 0.6 is 0 Å². The van der Waals surface area contributed by atoms with Gasteiger partial charge in [-0.3, -0.25) is 9.97 Å². The Kier molecular flexibility index (Phi) is 2.52. The lowest BCUT2D eigenvalue weighted by atomic mass is 10.0. The van der Waals surface area contributed by atoms with Crippen LogP contribution in [0.25, 0.3) is 0 Å². The highest BCUT2D eigenvalue weighted by molar-refractivity contribution is 5.66. The third-order valence-electron chi connectivity index (χ3n) is 3.19. The molecule has 0 aromatic carbocycles. The highest BCUT2D eigenvalue weighted by Gasteiger charge is 2.11. The van der Waals surface area contributed by atoms with Gasteiger partial charge in [0.15, 0.2) is 0 Å². The van der Waals surface area contributed by atoms with Crippen molar-refractivity contribution < 1.29 is 0 Å². The van der Waals surface area contributed by atoms with E-state index in [9.17, 15) is 0 Å². The summed E-state index contributed by atoms with van der Waals surface area (Å²) >= 11 is 0. The van der Waals surface area contributed by atoms with Gasteiger partial charge in [-0.15, -0.1) is 0 Å². The molecular formula is C14H15N3. The lowest BCUT2D eigenvalue weighted by Gasteiger charge is -2.18.